The highest BCUT2D eigenvalue weighted by Gasteiger charge is 2.44. The Labute approximate surface area is 178 Å². The second kappa shape index (κ2) is 7.04. The van der Waals surface area contributed by atoms with E-state index in [0.29, 0.717) is 34.8 Å². The Kier molecular flexibility index (Phi) is 4.42. The van der Waals surface area contributed by atoms with Crippen LogP contribution in [-0.2, 0) is 6.42 Å². The number of aromatic nitrogens is 4. The number of anilines is 2. The predicted molar refractivity (Wildman–Crippen MR) is 120 cm³/mol. The summed E-state index contributed by atoms with van der Waals surface area (Å²) in [4.78, 5) is 8.40. The number of aryl methyl sites for hydroxylation is 1. The van der Waals surface area contributed by atoms with Crippen LogP contribution in [0.4, 0.5) is 11.6 Å². The number of hydrogen-bond donors (Lipinski definition) is 4. The number of nitrogens with two attached hydrogens (primary N) is 2. The van der Waals surface area contributed by atoms with Crippen LogP contribution < -0.4 is 11.5 Å². The van der Waals surface area contributed by atoms with E-state index in [-0.39, 0.29) is 0 Å². The number of rotatable bonds is 4. The van der Waals surface area contributed by atoms with Crippen LogP contribution in [0.25, 0.3) is 22.0 Å². The molecule has 0 unspecified atom stereocenters. The lowest BCUT2D eigenvalue weighted by Crippen LogP contribution is -2.35. The first-order valence-electron chi connectivity index (χ1n) is 10.2. The number of aliphatic hydroxyl groups is 2. The summed E-state index contributed by atoms with van der Waals surface area (Å²) >= 11 is 0. The topological polar surface area (TPSA) is 136 Å². The molecule has 0 fully saturated rings. The molecule has 4 aromatic rings. The molecule has 8 heteroatoms. The van der Waals surface area contributed by atoms with Gasteiger partial charge in [-0.05, 0) is 48.7 Å². The number of nitrogens with zero attached hydrogens (tertiary/aromatic N) is 4. The SMILES string of the molecule is C[C@]1(CCc2ccc3ccc(N)nc3c2)C=C(c2ccc3c(N)ncnn23)[C@H](O)[C@@H]1O. The summed E-state index contributed by atoms with van der Waals surface area (Å²) in [5.41, 5.74) is 15.1. The van der Waals surface area contributed by atoms with Crippen LogP contribution in [0.15, 0.2) is 54.9 Å². The Morgan fingerprint density at radius 2 is 1.90 bits per heavy atom. The Morgan fingerprint density at radius 3 is 2.74 bits per heavy atom. The molecule has 0 saturated heterocycles. The minimum absolute atomic E-state index is 0.364. The summed E-state index contributed by atoms with van der Waals surface area (Å²) in [5, 5.41) is 27.0. The van der Waals surface area contributed by atoms with Gasteiger partial charge >= 0.3 is 0 Å². The normalized spacial score (nSPS) is 23.5. The number of fused-ring (bicyclic) bond motifs is 2. The van der Waals surface area contributed by atoms with Crippen molar-refractivity contribution in [1.82, 2.24) is 19.6 Å². The summed E-state index contributed by atoms with van der Waals surface area (Å²) < 4.78 is 1.65. The van der Waals surface area contributed by atoms with Crippen LogP contribution >= 0.6 is 0 Å². The molecule has 3 aromatic heterocycles. The van der Waals surface area contributed by atoms with Crippen LogP contribution in [0.1, 0.15) is 24.6 Å². The van der Waals surface area contributed by atoms with E-state index in [2.05, 4.69) is 21.1 Å². The highest BCUT2D eigenvalue weighted by atomic mass is 16.3. The molecular weight excluding hydrogens is 392 g/mol. The smallest absolute Gasteiger partial charge is 0.151 e. The zero-order valence-electron chi connectivity index (χ0n) is 17.1. The van der Waals surface area contributed by atoms with Gasteiger partial charge in [0.25, 0.3) is 0 Å². The van der Waals surface area contributed by atoms with Crippen molar-refractivity contribution < 1.29 is 10.2 Å². The van der Waals surface area contributed by atoms with Gasteiger partial charge in [0.2, 0.25) is 0 Å². The van der Waals surface area contributed by atoms with E-state index in [4.69, 9.17) is 11.5 Å². The molecule has 1 aromatic carbocycles. The average Bonchev–Trinajstić information content (AvgIpc) is 3.28. The highest BCUT2D eigenvalue weighted by molar-refractivity contribution is 5.80. The van der Waals surface area contributed by atoms with Gasteiger partial charge in [0, 0.05) is 16.4 Å². The fraction of sp³-hybridized carbons (Fsp3) is 0.261. The van der Waals surface area contributed by atoms with E-state index in [0.717, 1.165) is 22.9 Å². The van der Waals surface area contributed by atoms with Gasteiger partial charge in [-0.3, -0.25) is 0 Å². The van der Waals surface area contributed by atoms with Gasteiger partial charge < -0.3 is 21.7 Å². The number of nitrogen functional groups attached to an aromatic ring is 2. The molecule has 31 heavy (non-hydrogen) atoms. The standard InChI is InChI=1S/C23H24N6O2/c1-23(9-8-13-2-3-14-4-7-19(24)28-16(14)10-13)11-15(20(30)21(23)31)17-5-6-18-22(25)26-12-27-29(17)18/h2-7,10-12,20-21,30-31H,8-9H2,1H3,(H2,24,28)(H2,25,26,27)/t20-,21-,23-/m0/s1. The zero-order valence-corrected chi connectivity index (χ0v) is 17.1. The highest BCUT2D eigenvalue weighted by Crippen LogP contribution is 2.44. The van der Waals surface area contributed by atoms with Crippen molar-refractivity contribution in [1.29, 1.82) is 0 Å². The van der Waals surface area contributed by atoms with Gasteiger partial charge in [0.15, 0.2) is 5.82 Å². The van der Waals surface area contributed by atoms with Crippen LogP contribution in [0.2, 0.25) is 0 Å². The van der Waals surface area contributed by atoms with E-state index in [9.17, 15) is 10.2 Å². The van der Waals surface area contributed by atoms with E-state index >= 15 is 0 Å². The maximum absolute atomic E-state index is 10.9. The van der Waals surface area contributed by atoms with Crippen molar-refractivity contribution in [2.45, 2.75) is 32.0 Å². The molecule has 3 atom stereocenters. The van der Waals surface area contributed by atoms with Gasteiger partial charge in [-0.15, -0.1) is 0 Å². The van der Waals surface area contributed by atoms with E-state index in [1.165, 1.54) is 6.33 Å². The molecule has 6 N–H and O–H groups in total. The minimum atomic E-state index is -1.02. The van der Waals surface area contributed by atoms with Crippen molar-refractivity contribution in [3.05, 3.63) is 66.1 Å². The predicted octanol–water partition coefficient (Wildman–Crippen LogP) is 2.20. The second-order valence-corrected chi connectivity index (χ2v) is 8.42. The Balaban J connectivity index is 1.44. The van der Waals surface area contributed by atoms with Crippen LogP contribution in [0.3, 0.4) is 0 Å². The first-order chi connectivity index (χ1) is 14.9. The van der Waals surface area contributed by atoms with Crippen molar-refractivity contribution in [2.24, 2.45) is 5.41 Å². The molecular formula is C23H24N6O2. The third-order valence-corrected chi connectivity index (χ3v) is 6.29. The van der Waals surface area contributed by atoms with Gasteiger partial charge in [-0.1, -0.05) is 25.1 Å². The summed E-state index contributed by atoms with van der Waals surface area (Å²) in [6.45, 7) is 1.96. The van der Waals surface area contributed by atoms with Gasteiger partial charge in [-0.25, -0.2) is 14.5 Å². The zero-order chi connectivity index (χ0) is 21.8. The molecule has 0 spiro atoms. The molecule has 1 aliphatic carbocycles. The molecule has 8 nitrogen and oxygen atoms in total. The number of hydrogen-bond acceptors (Lipinski definition) is 7. The fourth-order valence-electron chi connectivity index (χ4n) is 4.42. The van der Waals surface area contributed by atoms with Crippen LogP contribution in [-0.4, -0.2) is 42.0 Å². The molecule has 3 heterocycles. The van der Waals surface area contributed by atoms with Gasteiger partial charge in [-0.2, -0.15) is 5.10 Å². The molecule has 158 valence electrons. The van der Waals surface area contributed by atoms with Crippen LogP contribution in [0.5, 0.6) is 0 Å². The number of pyridine rings is 1. The lowest BCUT2D eigenvalue weighted by Gasteiger charge is -2.28. The lowest BCUT2D eigenvalue weighted by molar-refractivity contribution is -0.00256. The quantitative estimate of drug-likeness (QED) is 0.400. The van der Waals surface area contributed by atoms with Crippen LogP contribution in [0, 0.1) is 5.41 Å². The maximum Gasteiger partial charge on any atom is 0.151 e. The van der Waals surface area contributed by atoms with E-state index in [1.54, 1.807) is 10.6 Å². The molecule has 0 amide bonds. The molecule has 0 saturated carbocycles. The lowest BCUT2D eigenvalue weighted by atomic mass is 9.81. The summed E-state index contributed by atoms with van der Waals surface area (Å²) in [5.74, 6) is 0.852. The summed E-state index contributed by atoms with van der Waals surface area (Å²) in [7, 11) is 0. The molecule has 0 bridgehead atoms. The van der Waals surface area contributed by atoms with Crippen molar-refractivity contribution >= 4 is 33.6 Å². The largest absolute Gasteiger partial charge is 0.389 e. The molecule has 0 radical (unpaired) electrons. The van der Waals surface area contributed by atoms with Gasteiger partial charge in [0.1, 0.15) is 23.8 Å². The monoisotopic (exact) mass is 416 g/mol. The second-order valence-electron chi connectivity index (χ2n) is 8.42. The minimum Gasteiger partial charge on any atom is -0.389 e. The number of aliphatic hydroxyl groups excluding tert-OH is 2. The Hall–Kier alpha value is -3.49. The Morgan fingerprint density at radius 1 is 1.10 bits per heavy atom. The van der Waals surface area contributed by atoms with E-state index < -0.39 is 17.6 Å². The molecule has 1 aliphatic rings. The van der Waals surface area contributed by atoms with Crippen molar-refractivity contribution in [3.63, 3.8) is 0 Å². The first-order valence-corrected chi connectivity index (χ1v) is 10.2. The third kappa shape index (κ3) is 3.20. The molecule has 5 rings (SSSR count). The van der Waals surface area contributed by atoms with E-state index in [1.807, 2.05) is 43.3 Å². The fourth-order valence-corrected chi connectivity index (χ4v) is 4.42. The van der Waals surface area contributed by atoms with Crippen molar-refractivity contribution in [2.75, 3.05) is 11.5 Å². The summed E-state index contributed by atoms with van der Waals surface area (Å²) in [6.07, 6.45) is 2.77. The summed E-state index contributed by atoms with van der Waals surface area (Å²) in [6, 6.07) is 13.5. The first kappa shape index (κ1) is 19.5. The average molecular weight is 416 g/mol. The number of benzene rings is 1. The Bertz CT molecular complexity index is 1330. The third-order valence-electron chi connectivity index (χ3n) is 6.29. The van der Waals surface area contributed by atoms with Gasteiger partial charge in [0.05, 0.1) is 17.3 Å². The maximum atomic E-state index is 10.9. The van der Waals surface area contributed by atoms with Crippen molar-refractivity contribution in [3.8, 4) is 0 Å². The molecule has 0 aliphatic heterocycles.